The van der Waals surface area contributed by atoms with Gasteiger partial charge in [0.2, 0.25) is 0 Å². The van der Waals surface area contributed by atoms with Crippen molar-refractivity contribution < 1.29 is 9.18 Å². The zero-order valence-electron chi connectivity index (χ0n) is 10.3. The third-order valence-electron chi connectivity index (χ3n) is 2.95. The fraction of sp³-hybridized carbons (Fsp3) is 0.385. The third-order valence-corrected chi connectivity index (χ3v) is 3.44. The van der Waals surface area contributed by atoms with Crippen LogP contribution in [0.1, 0.15) is 37.0 Å². The van der Waals surface area contributed by atoms with Gasteiger partial charge >= 0.3 is 0 Å². The molecule has 1 N–H and O–H groups in total. The molecule has 0 saturated heterocycles. The van der Waals surface area contributed by atoms with Crippen LogP contribution in [0, 0.1) is 17.1 Å². The number of rotatable bonds is 4. The van der Waals surface area contributed by atoms with E-state index in [2.05, 4.69) is 27.3 Å². The standard InChI is InChI=1S/C13H14BrFN2O/c1-3-13(4-2,8-16)17-12(18)10-7-9(14)5-6-11(10)15/h5-7H,3-4H2,1-2H3,(H,17,18). The van der Waals surface area contributed by atoms with Crippen LogP contribution in [0.3, 0.4) is 0 Å². The van der Waals surface area contributed by atoms with Crippen LogP contribution < -0.4 is 5.32 Å². The number of nitrogens with one attached hydrogen (secondary N) is 1. The normalized spacial score (nSPS) is 10.8. The quantitative estimate of drug-likeness (QED) is 0.926. The molecule has 0 unspecified atom stereocenters. The minimum Gasteiger partial charge on any atom is -0.334 e. The first kappa shape index (κ1) is 14.7. The van der Waals surface area contributed by atoms with Crippen molar-refractivity contribution in [1.82, 2.24) is 5.32 Å². The number of hydrogen-bond acceptors (Lipinski definition) is 2. The van der Waals surface area contributed by atoms with Crippen molar-refractivity contribution in [3.8, 4) is 6.07 Å². The summed E-state index contributed by atoms with van der Waals surface area (Å²) in [6, 6.07) is 6.21. The van der Waals surface area contributed by atoms with E-state index < -0.39 is 17.3 Å². The second-order valence-corrected chi connectivity index (χ2v) is 4.89. The molecule has 0 spiro atoms. The maximum absolute atomic E-state index is 13.5. The minimum absolute atomic E-state index is 0.0640. The lowest BCUT2D eigenvalue weighted by Crippen LogP contribution is -2.46. The van der Waals surface area contributed by atoms with Crippen LogP contribution in [-0.4, -0.2) is 11.4 Å². The molecular formula is C13H14BrFN2O. The Bertz CT molecular complexity index is 492. The summed E-state index contributed by atoms with van der Waals surface area (Å²) in [4.78, 5) is 12.0. The van der Waals surface area contributed by atoms with E-state index in [9.17, 15) is 9.18 Å². The highest BCUT2D eigenvalue weighted by Gasteiger charge is 2.29. The molecule has 0 aliphatic carbocycles. The Balaban J connectivity index is 3.02. The van der Waals surface area contributed by atoms with Crippen molar-refractivity contribution in [1.29, 1.82) is 5.26 Å². The molecule has 18 heavy (non-hydrogen) atoms. The van der Waals surface area contributed by atoms with E-state index in [1.54, 1.807) is 0 Å². The number of benzene rings is 1. The van der Waals surface area contributed by atoms with Gasteiger partial charge in [-0.15, -0.1) is 0 Å². The number of halogens is 2. The van der Waals surface area contributed by atoms with Gasteiger partial charge in [-0.1, -0.05) is 29.8 Å². The predicted octanol–water partition coefficient (Wildman–Crippen LogP) is 3.40. The minimum atomic E-state index is -0.939. The van der Waals surface area contributed by atoms with Crippen LogP contribution >= 0.6 is 15.9 Å². The Kier molecular flexibility index (Phi) is 4.85. The van der Waals surface area contributed by atoms with Crippen molar-refractivity contribution in [2.45, 2.75) is 32.2 Å². The first-order valence-corrected chi connectivity index (χ1v) is 6.46. The molecule has 0 aromatic heterocycles. The highest BCUT2D eigenvalue weighted by atomic mass is 79.9. The highest BCUT2D eigenvalue weighted by Crippen LogP contribution is 2.19. The second-order valence-electron chi connectivity index (χ2n) is 3.98. The predicted molar refractivity (Wildman–Crippen MR) is 70.5 cm³/mol. The Hall–Kier alpha value is -1.41. The van der Waals surface area contributed by atoms with Crippen LogP contribution in [-0.2, 0) is 0 Å². The van der Waals surface area contributed by atoms with Gasteiger partial charge in [0.05, 0.1) is 11.6 Å². The zero-order chi connectivity index (χ0) is 13.8. The summed E-state index contributed by atoms with van der Waals surface area (Å²) >= 11 is 3.18. The summed E-state index contributed by atoms with van der Waals surface area (Å²) in [6.07, 6.45) is 0.947. The number of nitrogens with zero attached hydrogens (tertiary/aromatic N) is 1. The first-order valence-electron chi connectivity index (χ1n) is 5.67. The van der Waals surface area contributed by atoms with Gasteiger partial charge in [-0.2, -0.15) is 5.26 Å². The van der Waals surface area contributed by atoms with E-state index in [1.165, 1.54) is 18.2 Å². The summed E-state index contributed by atoms with van der Waals surface area (Å²) in [6.45, 7) is 3.62. The monoisotopic (exact) mass is 312 g/mol. The van der Waals surface area contributed by atoms with E-state index in [1.807, 2.05) is 13.8 Å². The molecule has 0 saturated carbocycles. The molecule has 3 nitrogen and oxygen atoms in total. The van der Waals surface area contributed by atoms with Gasteiger partial charge in [-0.3, -0.25) is 4.79 Å². The Morgan fingerprint density at radius 1 is 1.50 bits per heavy atom. The molecule has 0 heterocycles. The number of amides is 1. The summed E-state index contributed by atoms with van der Waals surface area (Å²) < 4.78 is 14.2. The van der Waals surface area contributed by atoms with E-state index in [0.717, 1.165) is 0 Å². The third kappa shape index (κ3) is 3.08. The van der Waals surface area contributed by atoms with Gasteiger partial charge in [-0.25, -0.2) is 4.39 Å². The van der Waals surface area contributed by atoms with Gasteiger partial charge in [0.1, 0.15) is 11.4 Å². The molecule has 0 aliphatic heterocycles. The van der Waals surface area contributed by atoms with Crippen molar-refractivity contribution in [3.63, 3.8) is 0 Å². The molecule has 5 heteroatoms. The van der Waals surface area contributed by atoms with Crippen LogP contribution in [0.2, 0.25) is 0 Å². The first-order chi connectivity index (χ1) is 8.48. The average Bonchev–Trinajstić information content (AvgIpc) is 2.38. The summed E-state index contributed by atoms with van der Waals surface area (Å²) in [5.74, 6) is -1.17. The van der Waals surface area contributed by atoms with Crippen molar-refractivity contribution in [2.24, 2.45) is 0 Å². The topological polar surface area (TPSA) is 52.9 Å². The SMILES string of the molecule is CCC(C#N)(CC)NC(=O)c1cc(Br)ccc1F. The maximum atomic E-state index is 13.5. The number of nitriles is 1. The van der Waals surface area contributed by atoms with Crippen molar-refractivity contribution >= 4 is 21.8 Å². The molecule has 0 fully saturated rings. The number of carbonyl (C=O) groups excluding carboxylic acids is 1. The molecule has 1 aromatic carbocycles. The van der Waals surface area contributed by atoms with Crippen LogP contribution in [0.4, 0.5) is 4.39 Å². The molecule has 96 valence electrons. The molecule has 0 atom stereocenters. The zero-order valence-corrected chi connectivity index (χ0v) is 11.8. The summed E-state index contributed by atoms with van der Waals surface area (Å²) in [5.41, 5.74) is -1.00. The lowest BCUT2D eigenvalue weighted by molar-refractivity contribution is 0.0911. The smallest absolute Gasteiger partial charge is 0.255 e. The fourth-order valence-electron chi connectivity index (χ4n) is 1.57. The molecular weight excluding hydrogens is 299 g/mol. The van der Waals surface area contributed by atoms with E-state index in [0.29, 0.717) is 17.3 Å². The Labute approximate surface area is 114 Å². The number of carbonyl (C=O) groups is 1. The lowest BCUT2D eigenvalue weighted by atomic mass is 9.94. The van der Waals surface area contributed by atoms with Gasteiger partial charge < -0.3 is 5.32 Å². The van der Waals surface area contributed by atoms with E-state index in [4.69, 9.17) is 5.26 Å². The van der Waals surface area contributed by atoms with Crippen LogP contribution in [0.5, 0.6) is 0 Å². The lowest BCUT2D eigenvalue weighted by Gasteiger charge is -2.25. The Morgan fingerprint density at radius 3 is 2.61 bits per heavy atom. The van der Waals surface area contributed by atoms with Gasteiger partial charge in [0, 0.05) is 4.47 Å². The largest absolute Gasteiger partial charge is 0.334 e. The second kappa shape index (κ2) is 5.96. The average molecular weight is 313 g/mol. The van der Waals surface area contributed by atoms with Crippen LogP contribution in [0.15, 0.2) is 22.7 Å². The highest BCUT2D eigenvalue weighted by molar-refractivity contribution is 9.10. The van der Waals surface area contributed by atoms with E-state index in [-0.39, 0.29) is 5.56 Å². The van der Waals surface area contributed by atoms with Gasteiger partial charge in [0.25, 0.3) is 5.91 Å². The van der Waals surface area contributed by atoms with Gasteiger partial charge in [0.15, 0.2) is 0 Å². The molecule has 1 amide bonds. The number of hydrogen-bond donors (Lipinski definition) is 1. The van der Waals surface area contributed by atoms with Crippen molar-refractivity contribution in [3.05, 3.63) is 34.1 Å². The van der Waals surface area contributed by atoms with E-state index >= 15 is 0 Å². The molecule has 1 rings (SSSR count). The van der Waals surface area contributed by atoms with Crippen LogP contribution in [0.25, 0.3) is 0 Å². The Morgan fingerprint density at radius 2 is 2.11 bits per heavy atom. The summed E-state index contributed by atoms with van der Waals surface area (Å²) in [7, 11) is 0. The van der Waals surface area contributed by atoms with Gasteiger partial charge in [-0.05, 0) is 31.0 Å². The fourth-order valence-corrected chi connectivity index (χ4v) is 1.93. The molecule has 0 radical (unpaired) electrons. The van der Waals surface area contributed by atoms with Crippen molar-refractivity contribution in [2.75, 3.05) is 0 Å². The molecule has 0 aliphatic rings. The molecule has 1 aromatic rings. The summed E-state index contributed by atoms with van der Waals surface area (Å²) in [5, 5.41) is 11.7. The maximum Gasteiger partial charge on any atom is 0.255 e. The molecule has 0 bridgehead atoms.